The van der Waals surface area contributed by atoms with Gasteiger partial charge in [0.15, 0.2) is 0 Å². The van der Waals surface area contributed by atoms with E-state index in [1.807, 2.05) is 44.2 Å². The molecule has 2 heterocycles. The molecule has 2 atom stereocenters. The van der Waals surface area contributed by atoms with Gasteiger partial charge in [0.1, 0.15) is 5.82 Å². The first kappa shape index (κ1) is 20.9. The Kier molecular flexibility index (Phi) is 6.98. The van der Waals surface area contributed by atoms with Gasteiger partial charge in [-0.15, -0.1) is 12.4 Å². The highest BCUT2D eigenvalue weighted by Gasteiger charge is 2.35. The van der Waals surface area contributed by atoms with E-state index in [0.717, 1.165) is 23.6 Å². The van der Waals surface area contributed by atoms with Crippen molar-refractivity contribution in [2.45, 2.75) is 32.7 Å². The second-order valence-electron chi connectivity index (χ2n) is 6.66. The van der Waals surface area contributed by atoms with Crippen LogP contribution in [0.25, 0.3) is 10.8 Å². The zero-order chi connectivity index (χ0) is 18.7. The SMILES string of the molecule is CC[C@H](C)[C@H](N)C(=O)N1CCCN1C(=O)Nc1nccc2ccccc12.Cl. The highest BCUT2D eigenvalue weighted by molar-refractivity contribution is 6.00. The number of urea groups is 1. The van der Waals surface area contributed by atoms with Crippen LogP contribution in [0.4, 0.5) is 10.6 Å². The van der Waals surface area contributed by atoms with Crippen molar-refractivity contribution in [3.05, 3.63) is 36.5 Å². The van der Waals surface area contributed by atoms with E-state index < -0.39 is 6.04 Å². The monoisotopic (exact) mass is 391 g/mol. The fraction of sp³-hybridized carbons (Fsp3) is 0.421. The predicted molar refractivity (Wildman–Crippen MR) is 108 cm³/mol. The number of aromatic nitrogens is 1. The molecule has 3 amide bonds. The van der Waals surface area contributed by atoms with Crippen LogP contribution < -0.4 is 11.1 Å². The van der Waals surface area contributed by atoms with Gasteiger partial charge in [-0.3, -0.25) is 10.1 Å². The van der Waals surface area contributed by atoms with Crippen molar-refractivity contribution in [2.75, 3.05) is 18.4 Å². The van der Waals surface area contributed by atoms with E-state index in [2.05, 4.69) is 10.3 Å². The molecule has 146 valence electrons. The number of fused-ring (bicyclic) bond motifs is 1. The minimum absolute atomic E-state index is 0. The second-order valence-corrected chi connectivity index (χ2v) is 6.66. The van der Waals surface area contributed by atoms with Crippen molar-refractivity contribution in [3.8, 4) is 0 Å². The number of amides is 3. The first-order valence-corrected chi connectivity index (χ1v) is 9.02. The summed E-state index contributed by atoms with van der Waals surface area (Å²) >= 11 is 0. The van der Waals surface area contributed by atoms with Gasteiger partial charge in [0.05, 0.1) is 6.04 Å². The van der Waals surface area contributed by atoms with Crippen molar-refractivity contribution in [1.29, 1.82) is 0 Å². The third kappa shape index (κ3) is 4.31. The van der Waals surface area contributed by atoms with Crippen molar-refractivity contribution in [2.24, 2.45) is 11.7 Å². The largest absolute Gasteiger partial charge is 0.341 e. The third-order valence-electron chi connectivity index (χ3n) is 4.96. The van der Waals surface area contributed by atoms with Crippen LogP contribution in [0.1, 0.15) is 26.7 Å². The first-order chi connectivity index (χ1) is 12.5. The Balaban J connectivity index is 0.00000261. The van der Waals surface area contributed by atoms with E-state index in [9.17, 15) is 9.59 Å². The number of pyridine rings is 1. The number of nitrogens with zero attached hydrogens (tertiary/aromatic N) is 3. The summed E-state index contributed by atoms with van der Waals surface area (Å²) in [5.41, 5.74) is 6.08. The number of carbonyl (C=O) groups excluding carboxylic acids is 2. The maximum absolute atomic E-state index is 12.8. The van der Waals surface area contributed by atoms with Crippen molar-refractivity contribution in [3.63, 3.8) is 0 Å². The summed E-state index contributed by atoms with van der Waals surface area (Å²) in [5, 5.41) is 7.59. The lowest BCUT2D eigenvalue weighted by Gasteiger charge is -2.31. The Labute approximate surface area is 165 Å². The van der Waals surface area contributed by atoms with E-state index in [1.54, 1.807) is 6.20 Å². The lowest BCUT2D eigenvalue weighted by molar-refractivity contribution is -0.142. The molecular formula is C19H26ClN5O2. The van der Waals surface area contributed by atoms with Crippen LogP contribution >= 0.6 is 12.4 Å². The molecule has 2 aromatic rings. The van der Waals surface area contributed by atoms with Crippen LogP contribution in [0, 0.1) is 5.92 Å². The fourth-order valence-corrected chi connectivity index (χ4v) is 3.11. The van der Waals surface area contributed by atoms with Gasteiger partial charge in [0, 0.05) is 24.7 Å². The fourth-order valence-electron chi connectivity index (χ4n) is 3.11. The predicted octanol–water partition coefficient (Wildman–Crippen LogP) is 3.01. The van der Waals surface area contributed by atoms with Gasteiger partial charge in [0.25, 0.3) is 5.91 Å². The van der Waals surface area contributed by atoms with Crippen LogP contribution in [0.5, 0.6) is 0 Å². The Hall–Kier alpha value is -2.38. The van der Waals surface area contributed by atoms with Crippen molar-refractivity contribution >= 4 is 40.9 Å². The number of halogens is 1. The molecular weight excluding hydrogens is 366 g/mol. The summed E-state index contributed by atoms with van der Waals surface area (Å²) < 4.78 is 0. The molecule has 8 heteroatoms. The van der Waals surface area contributed by atoms with Crippen LogP contribution in [0.2, 0.25) is 0 Å². The molecule has 3 N–H and O–H groups in total. The average Bonchev–Trinajstić information content (AvgIpc) is 3.16. The highest BCUT2D eigenvalue weighted by atomic mass is 35.5. The topological polar surface area (TPSA) is 91.6 Å². The molecule has 0 saturated carbocycles. The summed E-state index contributed by atoms with van der Waals surface area (Å²) in [7, 11) is 0. The van der Waals surface area contributed by atoms with Gasteiger partial charge in [0.2, 0.25) is 0 Å². The first-order valence-electron chi connectivity index (χ1n) is 9.02. The molecule has 1 aromatic heterocycles. The summed E-state index contributed by atoms with van der Waals surface area (Å²) in [6, 6.07) is 8.62. The minimum Gasteiger partial charge on any atom is -0.320 e. The molecule has 1 fully saturated rings. The normalized spacial score (nSPS) is 16.0. The van der Waals surface area contributed by atoms with Crippen LogP contribution in [-0.2, 0) is 4.79 Å². The molecule has 1 saturated heterocycles. The highest BCUT2D eigenvalue weighted by Crippen LogP contribution is 2.22. The number of carbonyl (C=O) groups is 2. The molecule has 0 unspecified atom stereocenters. The molecule has 0 aliphatic carbocycles. The molecule has 7 nitrogen and oxygen atoms in total. The maximum atomic E-state index is 12.8. The Morgan fingerprint density at radius 1 is 1.22 bits per heavy atom. The van der Waals surface area contributed by atoms with Gasteiger partial charge in [-0.2, -0.15) is 0 Å². The van der Waals surface area contributed by atoms with Gasteiger partial charge in [-0.1, -0.05) is 44.5 Å². The number of anilines is 1. The smallest absolute Gasteiger partial charge is 0.320 e. The summed E-state index contributed by atoms with van der Waals surface area (Å²) in [6.07, 6.45) is 3.20. The molecule has 3 rings (SSSR count). The Morgan fingerprint density at radius 3 is 2.67 bits per heavy atom. The number of nitrogens with one attached hydrogen (secondary N) is 1. The maximum Gasteiger partial charge on any atom is 0.341 e. The summed E-state index contributed by atoms with van der Waals surface area (Å²) in [5.74, 6) is 0.337. The number of rotatable bonds is 4. The van der Waals surface area contributed by atoms with E-state index in [-0.39, 0.29) is 30.3 Å². The van der Waals surface area contributed by atoms with Crippen molar-refractivity contribution < 1.29 is 9.59 Å². The molecule has 0 spiro atoms. The van der Waals surface area contributed by atoms with Gasteiger partial charge < -0.3 is 5.73 Å². The zero-order valence-electron chi connectivity index (χ0n) is 15.6. The quantitative estimate of drug-likeness (QED) is 0.837. The molecule has 1 aliphatic rings. The zero-order valence-corrected chi connectivity index (χ0v) is 16.4. The van der Waals surface area contributed by atoms with Crippen molar-refractivity contribution in [1.82, 2.24) is 15.0 Å². The molecule has 1 aromatic carbocycles. The Bertz CT molecular complexity index is 810. The van der Waals surface area contributed by atoms with Crippen LogP contribution in [0.15, 0.2) is 36.5 Å². The number of benzene rings is 1. The second kappa shape index (κ2) is 9.01. The number of hydrogen-bond donors (Lipinski definition) is 2. The molecule has 1 aliphatic heterocycles. The Morgan fingerprint density at radius 2 is 1.93 bits per heavy atom. The van der Waals surface area contributed by atoms with Gasteiger partial charge >= 0.3 is 6.03 Å². The number of hydrazine groups is 1. The van der Waals surface area contributed by atoms with Gasteiger partial charge in [-0.05, 0) is 23.8 Å². The third-order valence-corrected chi connectivity index (χ3v) is 4.96. The van der Waals surface area contributed by atoms with Gasteiger partial charge in [-0.25, -0.2) is 19.8 Å². The van der Waals surface area contributed by atoms with E-state index in [0.29, 0.717) is 18.9 Å². The number of hydrogen-bond acceptors (Lipinski definition) is 4. The summed E-state index contributed by atoms with van der Waals surface area (Å²) in [4.78, 5) is 29.7. The van der Waals surface area contributed by atoms with Crippen LogP contribution in [0.3, 0.4) is 0 Å². The van der Waals surface area contributed by atoms with E-state index in [1.165, 1.54) is 10.0 Å². The average molecular weight is 392 g/mol. The molecule has 0 bridgehead atoms. The summed E-state index contributed by atoms with van der Waals surface area (Å²) in [6.45, 7) is 4.93. The minimum atomic E-state index is -0.607. The lowest BCUT2D eigenvalue weighted by Crippen LogP contribution is -2.53. The van der Waals surface area contributed by atoms with E-state index in [4.69, 9.17) is 5.73 Å². The standard InChI is InChI=1S/C19H25N5O2.ClH/c1-3-13(2)16(20)18(25)23-11-6-12-24(23)19(26)22-17-15-8-5-4-7-14(15)9-10-21-17;/h4-5,7-10,13,16H,3,6,11-12,20H2,1-2H3,(H,21,22,26);1H/t13-,16-;/m0./s1. The number of nitrogens with two attached hydrogens (primary N) is 1. The molecule has 27 heavy (non-hydrogen) atoms. The lowest BCUT2D eigenvalue weighted by atomic mass is 9.99. The van der Waals surface area contributed by atoms with Crippen LogP contribution in [-0.4, -0.2) is 46.1 Å². The van der Waals surface area contributed by atoms with E-state index >= 15 is 0 Å². The molecule has 0 radical (unpaired) electrons.